The summed E-state index contributed by atoms with van der Waals surface area (Å²) >= 11 is 0. The first-order valence-electron chi connectivity index (χ1n) is 10.7. The maximum Gasteiger partial charge on any atom is 0.324 e. The standard InChI is InChI=1S/C24H26N4O5/c1-32-20-8-6-15(14-21(20)33-2)11-13-28-23(30)19(27-24(28)31)7-9-22(29)26-18-5-3-4-17-16(18)10-12-25-17/h3-6,8,10,12,14,19,25H,7,9,11,13H2,1-2H3,(H,26,29)(H,27,31)/t19-/m1/s1. The zero-order valence-electron chi connectivity index (χ0n) is 18.5. The van der Waals surface area contributed by atoms with Gasteiger partial charge < -0.3 is 25.1 Å². The number of ether oxygens (including phenoxy) is 2. The quantitative estimate of drug-likeness (QED) is 0.434. The van der Waals surface area contributed by atoms with E-state index >= 15 is 0 Å². The molecule has 1 aliphatic heterocycles. The molecule has 1 atom stereocenters. The summed E-state index contributed by atoms with van der Waals surface area (Å²) in [5.74, 6) is 0.671. The van der Waals surface area contributed by atoms with E-state index in [1.54, 1.807) is 20.3 Å². The molecule has 3 N–H and O–H groups in total. The predicted octanol–water partition coefficient (Wildman–Crippen LogP) is 3.07. The van der Waals surface area contributed by atoms with Gasteiger partial charge in [0, 0.05) is 30.1 Å². The second kappa shape index (κ2) is 9.64. The molecule has 1 aromatic heterocycles. The molecule has 1 fully saturated rings. The van der Waals surface area contributed by atoms with Crippen molar-refractivity contribution in [1.82, 2.24) is 15.2 Å². The summed E-state index contributed by atoms with van der Waals surface area (Å²) in [6, 6.07) is 11.8. The van der Waals surface area contributed by atoms with Crippen LogP contribution < -0.4 is 20.1 Å². The number of aromatic amines is 1. The van der Waals surface area contributed by atoms with E-state index in [0.717, 1.165) is 16.5 Å². The Labute approximate surface area is 191 Å². The highest BCUT2D eigenvalue weighted by atomic mass is 16.5. The molecule has 0 aliphatic carbocycles. The van der Waals surface area contributed by atoms with Gasteiger partial charge in [0.1, 0.15) is 6.04 Å². The lowest BCUT2D eigenvalue weighted by molar-refractivity contribution is -0.127. The van der Waals surface area contributed by atoms with Gasteiger partial charge in [-0.1, -0.05) is 12.1 Å². The van der Waals surface area contributed by atoms with Crippen molar-refractivity contribution in [3.8, 4) is 11.5 Å². The number of benzene rings is 2. The maximum absolute atomic E-state index is 12.7. The minimum Gasteiger partial charge on any atom is -0.493 e. The van der Waals surface area contributed by atoms with Gasteiger partial charge in [0.2, 0.25) is 5.91 Å². The number of imide groups is 1. The molecule has 9 heteroatoms. The number of hydrogen-bond acceptors (Lipinski definition) is 5. The molecule has 2 aromatic carbocycles. The molecule has 2 heterocycles. The van der Waals surface area contributed by atoms with Gasteiger partial charge in [0.25, 0.3) is 5.91 Å². The average Bonchev–Trinajstić information content (AvgIpc) is 3.41. The van der Waals surface area contributed by atoms with E-state index in [4.69, 9.17) is 9.47 Å². The van der Waals surface area contributed by atoms with Crippen molar-refractivity contribution in [1.29, 1.82) is 0 Å². The second-order valence-corrected chi connectivity index (χ2v) is 7.76. The second-order valence-electron chi connectivity index (χ2n) is 7.76. The number of nitrogens with zero attached hydrogens (tertiary/aromatic N) is 1. The van der Waals surface area contributed by atoms with E-state index in [-0.39, 0.29) is 31.2 Å². The Hall–Kier alpha value is -4.01. The Morgan fingerprint density at radius 2 is 1.91 bits per heavy atom. The minimum absolute atomic E-state index is 0.112. The Morgan fingerprint density at radius 3 is 2.70 bits per heavy atom. The molecule has 4 rings (SSSR count). The molecular weight excluding hydrogens is 424 g/mol. The third-order valence-corrected chi connectivity index (χ3v) is 5.71. The number of urea groups is 1. The van der Waals surface area contributed by atoms with Crippen LogP contribution in [-0.2, 0) is 16.0 Å². The van der Waals surface area contributed by atoms with Crippen LogP contribution in [0.2, 0.25) is 0 Å². The molecule has 9 nitrogen and oxygen atoms in total. The summed E-state index contributed by atoms with van der Waals surface area (Å²) in [5.41, 5.74) is 2.54. The third kappa shape index (κ3) is 4.77. The number of aromatic nitrogens is 1. The fourth-order valence-electron chi connectivity index (χ4n) is 3.94. The minimum atomic E-state index is -0.711. The van der Waals surface area contributed by atoms with Crippen molar-refractivity contribution in [3.05, 3.63) is 54.2 Å². The van der Waals surface area contributed by atoms with Crippen LogP contribution in [0.3, 0.4) is 0 Å². The number of methoxy groups -OCH3 is 2. The summed E-state index contributed by atoms with van der Waals surface area (Å²) in [4.78, 5) is 41.8. The van der Waals surface area contributed by atoms with Gasteiger partial charge in [-0.2, -0.15) is 0 Å². The number of amides is 4. The molecule has 4 amide bonds. The van der Waals surface area contributed by atoms with Crippen LogP contribution >= 0.6 is 0 Å². The van der Waals surface area contributed by atoms with Crippen molar-refractivity contribution in [2.24, 2.45) is 0 Å². The topological polar surface area (TPSA) is 113 Å². The zero-order chi connectivity index (χ0) is 23.4. The third-order valence-electron chi connectivity index (χ3n) is 5.71. The first-order chi connectivity index (χ1) is 16.0. The molecule has 33 heavy (non-hydrogen) atoms. The number of hydrogen-bond donors (Lipinski definition) is 3. The van der Waals surface area contributed by atoms with Gasteiger partial charge in [-0.25, -0.2) is 4.79 Å². The number of rotatable bonds is 9. The Balaban J connectivity index is 1.31. The molecule has 0 saturated carbocycles. The summed E-state index contributed by atoms with van der Waals surface area (Å²) in [7, 11) is 3.12. The van der Waals surface area contributed by atoms with Crippen LogP contribution in [0.5, 0.6) is 11.5 Å². The number of carbonyl (C=O) groups is 3. The molecule has 1 aliphatic rings. The number of nitrogens with one attached hydrogen (secondary N) is 3. The number of H-pyrrole nitrogens is 1. The molecule has 0 radical (unpaired) electrons. The monoisotopic (exact) mass is 450 g/mol. The van der Waals surface area contributed by atoms with Crippen LogP contribution in [0.1, 0.15) is 18.4 Å². The smallest absolute Gasteiger partial charge is 0.324 e. The van der Waals surface area contributed by atoms with Crippen LogP contribution in [-0.4, -0.2) is 54.5 Å². The lowest BCUT2D eigenvalue weighted by atomic mass is 10.1. The van der Waals surface area contributed by atoms with Gasteiger partial charge in [-0.05, 0) is 48.7 Å². The summed E-state index contributed by atoms with van der Waals surface area (Å²) in [6.45, 7) is 0.234. The van der Waals surface area contributed by atoms with E-state index in [1.807, 2.05) is 42.6 Å². The lowest BCUT2D eigenvalue weighted by Gasteiger charge is -2.14. The molecule has 0 spiro atoms. The summed E-state index contributed by atoms with van der Waals surface area (Å²) in [6.07, 6.45) is 2.63. The highest BCUT2D eigenvalue weighted by Crippen LogP contribution is 2.28. The van der Waals surface area contributed by atoms with Gasteiger partial charge in [0.15, 0.2) is 11.5 Å². The number of fused-ring (bicyclic) bond motifs is 1. The predicted molar refractivity (Wildman–Crippen MR) is 123 cm³/mol. The summed E-state index contributed by atoms with van der Waals surface area (Å²) < 4.78 is 10.5. The van der Waals surface area contributed by atoms with E-state index in [1.165, 1.54) is 4.90 Å². The maximum atomic E-state index is 12.7. The van der Waals surface area contributed by atoms with Crippen LogP contribution in [0, 0.1) is 0 Å². The Bertz CT molecular complexity index is 1190. The molecule has 0 unspecified atom stereocenters. The first-order valence-corrected chi connectivity index (χ1v) is 10.7. The lowest BCUT2D eigenvalue weighted by Crippen LogP contribution is -2.33. The average molecular weight is 450 g/mol. The van der Waals surface area contributed by atoms with Gasteiger partial charge >= 0.3 is 6.03 Å². The van der Waals surface area contributed by atoms with Crippen molar-refractivity contribution < 1.29 is 23.9 Å². The van der Waals surface area contributed by atoms with Crippen molar-refractivity contribution in [2.75, 3.05) is 26.1 Å². The van der Waals surface area contributed by atoms with Gasteiger partial charge in [-0.3, -0.25) is 14.5 Å². The zero-order valence-corrected chi connectivity index (χ0v) is 18.5. The van der Waals surface area contributed by atoms with E-state index in [2.05, 4.69) is 15.6 Å². The number of carbonyl (C=O) groups excluding carboxylic acids is 3. The SMILES string of the molecule is COc1ccc(CCN2C(=O)N[C@H](CCC(=O)Nc3cccc4[nH]ccc34)C2=O)cc1OC. The van der Waals surface area contributed by atoms with Crippen LogP contribution in [0.15, 0.2) is 48.7 Å². The summed E-state index contributed by atoms with van der Waals surface area (Å²) in [5, 5.41) is 6.48. The van der Waals surface area contributed by atoms with Crippen molar-refractivity contribution in [3.63, 3.8) is 0 Å². The Morgan fingerprint density at radius 1 is 1.09 bits per heavy atom. The fourth-order valence-corrected chi connectivity index (χ4v) is 3.94. The Kier molecular flexibility index (Phi) is 6.48. The van der Waals surface area contributed by atoms with Crippen molar-refractivity contribution in [2.45, 2.75) is 25.3 Å². The van der Waals surface area contributed by atoms with Crippen LogP contribution in [0.4, 0.5) is 10.5 Å². The van der Waals surface area contributed by atoms with Gasteiger partial charge in [0.05, 0.1) is 19.9 Å². The van der Waals surface area contributed by atoms with Crippen molar-refractivity contribution >= 4 is 34.4 Å². The molecular formula is C24H26N4O5. The molecule has 0 bridgehead atoms. The largest absolute Gasteiger partial charge is 0.493 e. The van der Waals surface area contributed by atoms with E-state index in [9.17, 15) is 14.4 Å². The highest BCUT2D eigenvalue weighted by molar-refractivity contribution is 6.05. The number of anilines is 1. The van der Waals surface area contributed by atoms with E-state index < -0.39 is 12.1 Å². The first kappa shape index (κ1) is 22.2. The normalized spacial score (nSPS) is 15.6. The fraction of sp³-hybridized carbons (Fsp3) is 0.292. The van der Waals surface area contributed by atoms with E-state index in [0.29, 0.717) is 23.6 Å². The van der Waals surface area contributed by atoms with Gasteiger partial charge in [-0.15, -0.1) is 0 Å². The van der Waals surface area contributed by atoms with Crippen LogP contribution in [0.25, 0.3) is 10.9 Å². The molecule has 3 aromatic rings. The molecule has 172 valence electrons. The molecule has 1 saturated heterocycles. The highest BCUT2D eigenvalue weighted by Gasteiger charge is 2.37.